The van der Waals surface area contributed by atoms with Gasteiger partial charge in [-0.25, -0.2) is 0 Å². The van der Waals surface area contributed by atoms with E-state index in [4.69, 9.17) is 32.7 Å². The van der Waals surface area contributed by atoms with E-state index in [9.17, 15) is 0 Å². The Morgan fingerprint density at radius 3 is 2.45 bits per heavy atom. The third-order valence-corrected chi connectivity index (χ3v) is 5.17. The Bertz CT molecular complexity index is 989. The van der Waals surface area contributed by atoms with Gasteiger partial charge in [-0.05, 0) is 67.8 Å². The van der Waals surface area contributed by atoms with E-state index in [1.807, 2.05) is 31.2 Å². The summed E-state index contributed by atoms with van der Waals surface area (Å²) < 4.78 is 11.8. The fourth-order valence-corrected chi connectivity index (χ4v) is 3.43. The van der Waals surface area contributed by atoms with Crippen molar-refractivity contribution in [3.8, 4) is 11.5 Å². The van der Waals surface area contributed by atoms with Gasteiger partial charge in [-0.3, -0.25) is 0 Å². The molecule has 0 spiro atoms. The molecule has 0 aromatic heterocycles. The smallest absolute Gasteiger partial charge is 0.161 e. The first kappa shape index (κ1) is 21.4. The van der Waals surface area contributed by atoms with Crippen molar-refractivity contribution in [2.45, 2.75) is 33.9 Å². The number of anilines is 1. The van der Waals surface area contributed by atoms with Crippen molar-refractivity contribution in [2.75, 3.05) is 11.9 Å². The van der Waals surface area contributed by atoms with Gasteiger partial charge in [0.15, 0.2) is 11.5 Å². The predicted molar refractivity (Wildman–Crippen MR) is 122 cm³/mol. The number of hydrogen-bond donors (Lipinski definition) is 1. The number of hydrogen-bond acceptors (Lipinski definition) is 3. The first-order valence-electron chi connectivity index (χ1n) is 9.60. The van der Waals surface area contributed by atoms with E-state index in [0.717, 1.165) is 22.6 Å². The van der Waals surface area contributed by atoms with Crippen molar-refractivity contribution in [3.05, 3.63) is 86.9 Å². The molecule has 1 N–H and O–H groups in total. The highest BCUT2D eigenvalue weighted by atomic mass is 35.5. The first-order chi connectivity index (χ1) is 14.0. The molecule has 3 rings (SSSR count). The maximum atomic E-state index is 6.24. The van der Waals surface area contributed by atoms with Gasteiger partial charge < -0.3 is 14.8 Å². The van der Waals surface area contributed by atoms with Crippen LogP contribution in [-0.2, 0) is 13.2 Å². The van der Waals surface area contributed by atoms with Crippen molar-refractivity contribution in [2.24, 2.45) is 0 Å². The van der Waals surface area contributed by atoms with E-state index >= 15 is 0 Å². The standard InChI is InChI=1S/C24H25Cl2NO2/c1-4-28-24-12-18(14-27-22-11-16(2)5-6-17(22)3)7-10-23(24)29-15-19-8-9-20(25)13-21(19)26/h5-13,27H,4,14-15H2,1-3H3. The van der Waals surface area contributed by atoms with Gasteiger partial charge in [-0.2, -0.15) is 0 Å². The molecule has 0 unspecified atom stereocenters. The normalized spacial score (nSPS) is 10.7. The van der Waals surface area contributed by atoms with Gasteiger partial charge in [0.2, 0.25) is 0 Å². The van der Waals surface area contributed by atoms with Crippen LogP contribution in [0.25, 0.3) is 0 Å². The van der Waals surface area contributed by atoms with Gasteiger partial charge in [0.05, 0.1) is 6.61 Å². The zero-order valence-corrected chi connectivity index (χ0v) is 18.4. The molecule has 0 bridgehead atoms. The van der Waals surface area contributed by atoms with Crippen LogP contribution in [0.1, 0.15) is 29.2 Å². The van der Waals surface area contributed by atoms with Gasteiger partial charge in [0.1, 0.15) is 6.61 Å². The molecule has 0 radical (unpaired) electrons. The largest absolute Gasteiger partial charge is 0.490 e. The summed E-state index contributed by atoms with van der Waals surface area (Å²) in [5, 5.41) is 4.70. The summed E-state index contributed by atoms with van der Waals surface area (Å²) in [5.74, 6) is 1.41. The quantitative estimate of drug-likeness (QED) is 0.410. The summed E-state index contributed by atoms with van der Waals surface area (Å²) in [7, 11) is 0. The second-order valence-electron chi connectivity index (χ2n) is 6.91. The lowest BCUT2D eigenvalue weighted by Crippen LogP contribution is -2.04. The molecule has 3 aromatic rings. The Hall–Kier alpha value is -2.36. The highest BCUT2D eigenvalue weighted by Crippen LogP contribution is 2.31. The van der Waals surface area contributed by atoms with Gasteiger partial charge in [0.25, 0.3) is 0 Å². The number of rotatable bonds is 8. The number of halogens is 2. The van der Waals surface area contributed by atoms with Crippen LogP contribution in [-0.4, -0.2) is 6.61 Å². The third-order valence-electron chi connectivity index (χ3n) is 4.58. The van der Waals surface area contributed by atoms with Crippen LogP contribution in [0.4, 0.5) is 5.69 Å². The van der Waals surface area contributed by atoms with Crippen LogP contribution < -0.4 is 14.8 Å². The second-order valence-corrected chi connectivity index (χ2v) is 7.75. The van der Waals surface area contributed by atoms with Gasteiger partial charge in [0, 0.05) is 27.8 Å². The predicted octanol–water partition coefficient (Wildman–Crippen LogP) is 7.20. The molecule has 0 atom stereocenters. The average molecular weight is 430 g/mol. The lowest BCUT2D eigenvalue weighted by molar-refractivity contribution is 0.269. The Labute approximate surface area is 182 Å². The van der Waals surface area contributed by atoms with Gasteiger partial charge in [-0.1, -0.05) is 47.5 Å². The first-order valence-corrected chi connectivity index (χ1v) is 10.4. The van der Waals surface area contributed by atoms with E-state index in [0.29, 0.717) is 35.6 Å². The van der Waals surface area contributed by atoms with E-state index in [-0.39, 0.29) is 0 Å². The molecular formula is C24H25Cl2NO2. The maximum Gasteiger partial charge on any atom is 0.161 e. The fraction of sp³-hybridized carbons (Fsp3) is 0.250. The average Bonchev–Trinajstić information content (AvgIpc) is 2.69. The topological polar surface area (TPSA) is 30.5 Å². The van der Waals surface area contributed by atoms with Crippen LogP contribution in [0, 0.1) is 13.8 Å². The molecule has 3 aromatic carbocycles. The Kier molecular flexibility index (Phi) is 7.29. The van der Waals surface area contributed by atoms with Crippen molar-refractivity contribution >= 4 is 28.9 Å². The summed E-state index contributed by atoms with van der Waals surface area (Å²) in [6.45, 7) is 7.76. The highest BCUT2D eigenvalue weighted by molar-refractivity contribution is 6.35. The van der Waals surface area contributed by atoms with E-state index in [1.165, 1.54) is 11.1 Å². The van der Waals surface area contributed by atoms with E-state index in [1.54, 1.807) is 12.1 Å². The summed E-state index contributed by atoms with van der Waals surface area (Å²) >= 11 is 12.2. The van der Waals surface area contributed by atoms with Crippen LogP contribution in [0.5, 0.6) is 11.5 Å². The molecule has 0 heterocycles. The van der Waals surface area contributed by atoms with Crippen molar-refractivity contribution in [1.82, 2.24) is 0 Å². The van der Waals surface area contributed by atoms with Crippen LogP contribution in [0.15, 0.2) is 54.6 Å². The lowest BCUT2D eigenvalue weighted by Gasteiger charge is -2.15. The second kappa shape index (κ2) is 9.91. The molecule has 29 heavy (non-hydrogen) atoms. The van der Waals surface area contributed by atoms with Crippen LogP contribution in [0.3, 0.4) is 0 Å². The van der Waals surface area contributed by atoms with Crippen LogP contribution in [0.2, 0.25) is 10.0 Å². The summed E-state index contributed by atoms with van der Waals surface area (Å²) in [6, 6.07) is 17.8. The molecule has 152 valence electrons. The van der Waals surface area contributed by atoms with Gasteiger partial charge >= 0.3 is 0 Å². The SMILES string of the molecule is CCOc1cc(CNc2cc(C)ccc2C)ccc1OCc1ccc(Cl)cc1Cl. The highest BCUT2D eigenvalue weighted by Gasteiger charge is 2.09. The zero-order chi connectivity index (χ0) is 20.8. The van der Waals surface area contributed by atoms with Crippen LogP contribution >= 0.6 is 23.2 Å². The molecule has 5 heteroatoms. The number of benzene rings is 3. The minimum atomic E-state index is 0.343. The van der Waals surface area contributed by atoms with Crippen molar-refractivity contribution in [1.29, 1.82) is 0 Å². The number of aryl methyl sites for hydroxylation is 2. The van der Waals surface area contributed by atoms with Crippen molar-refractivity contribution in [3.63, 3.8) is 0 Å². The molecule has 0 amide bonds. The summed E-state index contributed by atoms with van der Waals surface area (Å²) in [4.78, 5) is 0. The minimum absolute atomic E-state index is 0.343. The Balaban J connectivity index is 1.71. The molecule has 0 aliphatic rings. The summed E-state index contributed by atoms with van der Waals surface area (Å²) in [6.07, 6.45) is 0. The van der Waals surface area contributed by atoms with Gasteiger partial charge in [-0.15, -0.1) is 0 Å². The number of ether oxygens (including phenoxy) is 2. The molecule has 3 nitrogen and oxygen atoms in total. The monoisotopic (exact) mass is 429 g/mol. The summed E-state index contributed by atoms with van der Waals surface area (Å²) in [5.41, 5.74) is 5.59. The molecule has 0 aliphatic heterocycles. The molecule has 0 fully saturated rings. The van der Waals surface area contributed by atoms with Crippen molar-refractivity contribution < 1.29 is 9.47 Å². The van der Waals surface area contributed by atoms with E-state index < -0.39 is 0 Å². The molecule has 0 saturated heterocycles. The zero-order valence-electron chi connectivity index (χ0n) is 16.9. The number of nitrogens with one attached hydrogen (secondary N) is 1. The molecule has 0 saturated carbocycles. The Morgan fingerprint density at radius 2 is 1.69 bits per heavy atom. The lowest BCUT2D eigenvalue weighted by atomic mass is 10.1. The molecular weight excluding hydrogens is 405 g/mol. The Morgan fingerprint density at radius 1 is 0.862 bits per heavy atom. The molecule has 0 aliphatic carbocycles. The third kappa shape index (κ3) is 5.81. The fourth-order valence-electron chi connectivity index (χ4n) is 2.97. The minimum Gasteiger partial charge on any atom is -0.490 e. The maximum absolute atomic E-state index is 6.24. The van der Waals surface area contributed by atoms with E-state index in [2.05, 4.69) is 37.4 Å².